The first-order valence-electron chi connectivity index (χ1n) is 3.60. The molecule has 64 valence electrons. The highest BCUT2D eigenvalue weighted by atomic mass is 17.2. The third-order valence-corrected chi connectivity index (χ3v) is 1.24. The predicted molar refractivity (Wildman–Crippen MR) is 43.6 cm³/mol. The van der Waals surface area contributed by atoms with Crippen LogP contribution in [0.4, 0.5) is 0 Å². The molecule has 0 aliphatic heterocycles. The molecule has 0 saturated carbocycles. The zero-order chi connectivity index (χ0) is 8.97. The molecule has 0 aromatic heterocycles. The largest absolute Gasteiger partial charge is 0.352 e. The number of carbonyl (C=O) groups is 1. The average molecular weight is 166 g/mol. The summed E-state index contributed by atoms with van der Waals surface area (Å²) in [7, 11) is 0. The van der Waals surface area contributed by atoms with E-state index >= 15 is 0 Å². The Morgan fingerprint density at radius 1 is 1.42 bits per heavy atom. The second-order valence-corrected chi connectivity index (χ2v) is 2.47. The second kappa shape index (κ2) is 3.76. The number of aryl methyl sites for hydroxylation is 1. The van der Waals surface area contributed by atoms with E-state index in [1.165, 1.54) is 6.92 Å². The molecule has 0 saturated heterocycles. The number of carbonyl (C=O) groups excluding carboxylic acids is 1. The maximum absolute atomic E-state index is 10.4. The molecular weight excluding hydrogens is 156 g/mol. The van der Waals surface area contributed by atoms with Crippen LogP contribution in [-0.4, -0.2) is 5.97 Å². The minimum atomic E-state index is -0.462. The molecule has 0 atom stereocenters. The van der Waals surface area contributed by atoms with E-state index in [0.717, 1.165) is 5.56 Å². The van der Waals surface area contributed by atoms with Gasteiger partial charge in [0.2, 0.25) is 0 Å². The van der Waals surface area contributed by atoms with Gasteiger partial charge in [-0.1, -0.05) is 12.1 Å². The standard InChI is InChI=1S/C9H10O3/c1-7-4-3-5-9(6-7)12-11-8(2)10/h3-6H,1-2H3. The summed E-state index contributed by atoms with van der Waals surface area (Å²) < 4.78 is 0. The van der Waals surface area contributed by atoms with E-state index < -0.39 is 5.97 Å². The van der Waals surface area contributed by atoms with Crippen molar-refractivity contribution in [3.05, 3.63) is 29.8 Å². The van der Waals surface area contributed by atoms with Gasteiger partial charge in [0, 0.05) is 6.92 Å². The van der Waals surface area contributed by atoms with Gasteiger partial charge in [-0.05, 0) is 24.6 Å². The van der Waals surface area contributed by atoms with Crippen molar-refractivity contribution in [3.63, 3.8) is 0 Å². The summed E-state index contributed by atoms with van der Waals surface area (Å²) in [4.78, 5) is 19.4. The molecule has 0 spiro atoms. The summed E-state index contributed by atoms with van der Waals surface area (Å²) >= 11 is 0. The molecule has 1 rings (SSSR count). The Hall–Kier alpha value is -1.51. The third-order valence-electron chi connectivity index (χ3n) is 1.24. The molecule has 0 amide bonds. The van der Waals surface area contributed by atoms with E-state index in [4.69, 9.17) is 4.89 Å². The number of hydrogen-bond donors (Lipinski definition) is 0. The van der Waals surface area contributed by atoms with Gasteiger partial charge in [0.05, 0.1) is 0 Å². The molecule has 0 N–H and O–H groups in total. The molecule has 1 aromatic carbocycles. The van der Waals surface area contributed by atoms with Crippen LogP contribution in [0.5, 0.6) is 5.75 Å². The average Bonchev–Trinajstić information content (AvgIpc) is 2.01. The lowest BCUT2D eigenvalue weighted by atomic mass is 10.2. The van der Waals surface area contributed by atoms with Crippen LogP contribution in [0, 0.1) is 6.92 Å². The molecule has 0 radical (unpaired) electrons. The Kier molecular flexibility index (Phi) is 2.69. The number of hydrogen-bond acceptors (Lipinski definition) is 3. The lowest BCUT2D eigenvalue weighted by molar-refractivity contribution is -0.210. The van der Waals surface area contributed by atoms with Gasteiger partial charge in [0.25, 0.3) is 0 Å². The van der Waals surface area contributed by atoms with E-state index in [-0.39, 0.29) is 0 Å². The summed E-state index contributed by atoms with van der Waals surface area (Å²) in [5, 5.41) is 0. The topological polar surface area (TPSA) is 35.5 Å². The van der Waals surface area contributed by atoms with Crippen molar-refractivity contribution < 1.29 is 14.6 Å². The van der Waals surface area contributed by atoms with Gasteiger partial charge in [0.15, 0.2) is 5.75 Å². The van der Waals surface area contributed by atoms with Crippen LogP contribution in [0.3, 0.4) is 0 Å². The van der Waals surface area contributed by atoms with Crippen LogP contribution in [0.25, 0.3) is 0 Å². The fraction of sp³-hybridized carbons (Fsp3) is 0.222. The van der Waals surface area contributed by atoms with Crippen molar-refractivity contribution in [2.75, 3.05) is 0 Å². The van der Waals surface area contributed by atoms with Crippen LogP contribution in [-0.2, 0) is 9.68 Å². The highest BCUT2D eigenvalue weighted by Gasteiger charge is 1.96. The van der Waals surface area contributed by atoms with E-state index in [2.05, 4.69) is 4.89 Å². The van der Waals surface area contributed by atoms with Gasteiger partial charge in [-0.3, -0.25) is 9.78 Å². The monoisotopic (exact) mass is 166 g/mol. The molecule has 0 aliphatic carbocycles. The molecule has 0 bridgehead atoms. The fourth-order valence-corrected chi connectivity index (χ4v) is 0.774. The van der Waals surface area contributed by atoms with Crippen molar-refractivity contribution in [2.24, 2.45) is 0 Å². The fourth-order valence-electron chi connectivity index (χ4n) is 0.774. The van der Waals surface area contributed by atoms with Gasteiger partial charge < -0.3 is 0 Å². The summed E-state index contributed by atoms with van der Waals surface area (Å²) in [5.41, 5.74) is 1.06. The zero-order valence-corrected chi connectivity index (χ0v) is 7.03. The first kappa shape index (κ1) is 8.59. The molecular formula is C9H10O3. The van der Waals surface area contributed by atoms with Crippen LogP contribution in [0.2, 0.25) is 0 Å². The summed E-state index contributed by atoms with van der Waals surface area (Å²) in [6.45, 7) is 3.22. The molecule has 0 aliphatic rings. The molecule has 0 unspecified atom stereocenters. The van der Waals surface area contributed by atoms with Crippen molar-refractivity contribution in [1.82, 2.24) is 0 Å². The van der Waals surface area contributed by atoms with Crippen LogP contribution in [0.15, 0.2) is 24.3 Å². The third kappa shape index (κ3) is 2.62. The quantitative estimate of drug-likeness (QED) is 0.497. The maximum atomic E-state index is 10.4. The molecule has 3 heteroatoms. The van der Waals surface area contributed by atoms with E-state index in [1.807, 2.05) is 19.1 Å². The summed E-state index contributed by atoms with van der Waals surface area (Å²) in [6.07, 6.45) is 0. The Morgan fingerprint density at radius 3 is 2.75 bits per heavy atom. The smallest absolute Gasteiger partial charge is 0.287 e. The predicted octanol–water partition coefficient (Wildman–Crippen LogP) is 1.85. The zero-order valence-electron chi connectivity index (χ0n) is 7.03. The Morgan fingerprint density at radius 2 is 2.17 bits per heavy atom. The lowest BCUT2D eigenvalue weighted by Gasteiger charge is -2.01. The summed E-state index contributed by atoms with van der Waals surface area (Å²) in [6, 6.07) is 7.26. The first-order valence-corrected chi connectivity index (χ1v) is 3.60. The SMILES string of the molecule is CC(=O)OOc1cccc(C)c1. The number of rotatable bonds is 2. The molecule has 0 fully saturated rings. The van der Waals surface area contributed by atoms with Crippen molar-refractivity contribution in [2.45, 2.75) is 13.8 Å². The first-order chi connectivity index (χ1) is 5.68. The van der Waals surface area contributed by atoms with Gasteiger partial charge in [-0.25, -0.2) is 4.79 Å². The van der Waals surface area contributed by atoms with E-state index in [9.17, 15) is 4.79 Å². The van der Waals surface area contributed by atoms with Crippen LogP contribution >= 0.6 is 0 Å². The van der Waals surface area contributed by atoms with E-state index in [1.54, 1.807) is 12.1 Å². The molecule has 1 aromatic rings. The van der Waals surface area contributed by atoms with Gasteiger partial charge in [0.1, 0.15) is 0 Å². The highest BCUT2D eigenvalue weighted by Crippen LogP contribution is 2.12. The minimum Gasteiger partial charge on any atom is -0.287 e. The van der Waals surface area contributed by atoms with Crippen LogP contribution < -0.4 is 4.89 Å². The maximum Gasteiger partial charge on any atom is 0.352 e. The minimum absolute atomic E-state index is 0.462. The number of benzene rings is 1. The Labute approximate surface area is 70.8 Å². The van der Waals surface area contributed by atoms with Gasteiger partial charge in [-0.2, -0.15) is 0 Å². The van der Waals surface area contributed by atoms with Gasteiger partial charge >= 0.3 is 5.97 Å². The van der Waals surface area contributed by atoms with E-state index in [0.29, 0.717) is 5.75 Å². The Bertz CT molecular complexity index is 281. The molecule has 12 heavy (non-hydrogen) atoms. The normalized spacial score (nSPS) is 9.17. The van der Waals surface area contributed by atoms with Crippen molar-refractivity contribution in [1.29, 1.82) is 0 Å². The highest BCUT2D eigenvalue weighted by molar-refractivity contribution is 5.65. The molecule has 0 heterocycles. The van der Waals surface area contributed by atoms with Crippen molar-refractivity contribution >= 4 is 5.97 Å². The van der Waals surface area contributed by atoms with Gasteiger partial charge in [-0.15, -0.1) is 0 Å². The van der Waals surface area contributed by atoms with Crippen molar-refractivity contribution in [3.8, 4) is 5.75 Å². The Balaban J connectivity index is 2.57. The summed E-state index contributed by atoms with van der Waals surface area (Å²) in [5.74, 6) is 0.0710. The lowest BCUT2D eigenvalue weighted by Crippen LogP contribution is -2.02. The second-order valence-electron chi connectivity index (χ2n) is 2.47. The van der Waals surface area contributed by atoms with Crippen LogP contribution in [0.1, 0.15) is 12.5 Å². The molecule has 3 nitrogen and oxygen atoms in total.